The minimum atomic E-state index is -1.05. The van der Waals surface area contributed by atoms with Crippen LogP contribution in [0.5, 0.6) is 5.75 Å². The van der Waals surface area contributed by atoms with E-state index in [1.165, 1.54) is 13.3 Å². The summed E-state index contributed by atoms with van der Waals surface area (Å²) in [5.74, 6) is -0.688. The van der Waals surface area contributed by atoms with Crippen molar-refractivity contribution in [2.24, 2.45) is 0 Å². The Bertz CT molecular complexity index is 659. The second-order valence-corrected chi connectivity index (χ2v) is 4.49. The molecule has 7 heteroatoms. The van der Waals surface area contributed by atoms with Crippen LogP contribution in [0.25, 0.3) is 10.6 Å². The van der Waals surface area contributed by atoms with E-state index in [4.69, 9.17) is 9.84 Å². The number of aromatic nitrogens is 2. The average Bonchev–Trinajstić information content (AvgIpc) is 2.70. The predicted molar refractivity (Wildman–Crippen MR) is 66.4 cm³/mol. The van der Waals surface area contributed by atoms with E-state index < -0.39 is 5.97 Å². The van der Waals surface area contributed by atoms with Gasteiger partial charge < -0.3 is 14.8 Å². The molecule has 0 bridgehead atoms. The van der Waals surface area contributed by atoms with Gasteiger partial charge in [0.05, 0.1) is 12.8 Å². The van der Waals surface area contributed by atoms with Crippen LogP contribution in [0.15, 0.2) is 17.1 Å². The molecule has 0 saturated carbocycles. The fraction of sp³-hybridized carbons (Fsp3) is 0.182. The number of H-pyrrole nitrogens is 1. The molecule has 0 spiro atoms. The first-order valence-corrected chi connectivity index (χ1v) is 5.83. The standard InChI is InChI=1S/C11H10N2O4S/c1-5-8(11(15)16)18-10(13-5)7-6(17-2)3-4-12-9(7)14/h3-4H,1-2H3,(H,12,14)(H,15,16). The van der Waals surface area contributed by atoms with E-state index in [9.17, 15) is 9.59 Å². The number of nitrogens with one attached hydrogen (secondary N) is 1. The van der Waals surface area contributed by atoms with Crippen LogP contribution >= 0.6 is 11.3 Å². The van der Waals surface area contributed by atoms with Gasteiger partial charge in [-0.05, 0) is 13.0 Å². The molecule has 2 aromatic heterocycles. The Morgan fingerprint density at radius 2 is 2.28 bits per heavy atom. The number of carboxylic acids is 1. The van der Waals surface area contributed by atoms with E-state index >= 15 is 0 Å². The van der Waals surface area contributed by atoms with E-state index in [0.717, 1.165) is 11.3 Å². The van der Waals surface area contributed by atoms with Gasteiger partial charge in [0.25, 0.3) is 5.56 Å². The fourth-order valence-corrected chi connectivity index (χ4v) is 2.49. The molecule has 0 aliphatic rings. The van der Waals surface area contributed by atoms with Crippen molar-refractivity contribution < 1.29 is 14.6 Å². The second kappa shape index (κ2) is 4.61. The molecule has 0 fully saturated rings. The zero-order chi connectivity index (χ0) is 13.3. The molecule has 0 unspecified atom stereocenters. The van der Waals surface area contributed by atoms with Crippen LogP contribution in [0, 0.1) is 6.92 Å². The number of thiazole rings is 1. The lowest BCUT2D eigenvalue weighted by atomic mass is 10.2. The zero-order valence-corrected chi connectivity index (χ0v) is 10.5. The Hall–Kier alpha value is -2.15. The Morgan fingerprint density at radius 1 is 1.56 bits per heavy atom. The van der Waals surface area contributed by atoms with Crippen LogP contribution in [0.1, 0.15) is 15.4 Å². The maximum Gasteiger partial charge on any atom is 0.347 e. The van der Waals surface area contributed by atoms with Gasteiger partial charge in [0.2, 0.25) is 0 Å². The molecular formula is C11H10N2O4S. The fourth-order valence-electron chi connectivity index (χ4n) is 1.53. The average molecular weight is 266 g/mol. The minimum Gasteiger partial charge on any atom is -0.496 e. The lowest BCUT2D eigenvalue weighted by Crippen LogP contribution is -2.09. The number of hydrogen-bond donors (Lipinski definition) is 2. The number of rotatable bonds is 3. The van der Waals surface area contributed by atoms with Crippen LogP contribution in [0.2, 0.25) is 0 Å². The van der Waals surface area contributed by atoms with Crippen LogP contribution in [0.4, 0.5) is 0 Å². The van der Waals surface area contributed by atoms with Crippen molar-refractivity contribution in [3.05, 3.63) is 33.2 Å². The number of aromatic amines is 1. The van der Waals surface area contributed by atoms with Gasteiger partial charge in [-0.1, -0.05) is 0 Å². The SMILES string of the molecule is COc1cc[nH]c(=O)c1-c1nc(C)c(C(=O)O)s1. The van der Waals surface area contributed by atoms with Crippen molar-refractivity contribution in [3.63, 3.8) is 0 Å². The van der Waals surface area contributed by atoms with Crippen molar-refractivity contribution in [3.8, 4) is 16.3 Å². The van der Waals surface area contributed by atoms with Crippen LogP contribution in [0.3, 0.4) is 0 Å². The number of nitrogens with zero attached hydrogens (tertiary/aromatic N) is 1. The largest absolute Gasteiger partial charge is 0.496 e. The number of aromatic carboxylic acids is 1. The molecular weight excluding hydrogens is 256 g/mol. The molecule has 2 N–H and O–H groups in total. The first-order chi connectivity index (χ1) is 8.54. The monoisotopic (exact) mass is 266 g/mol. The van der Waals surface area contributed by atoms with Gasteiger partial charge >= 0.3 is 5.97 Å². The Morgan fingerprint density at radius 3 is 2.83 bits per heavy atom. The zero-order valence-electron chi connectivity index (χ0n) is 9.68. The molecule has 0 amide bonds. The van der Waals surface area contributed by atoms with Gasteiger partial charge in [0.15, 0.2) is 0 Å². The normalized spacial score (nSPS) is 10.3. The summed E-state index contributed by atoms with van der Waals surface area (Å²) >= 11 is 0.954. The van der Waals surface area contributed by atoms with E-state index in [2.05, 4.69) is 9.97 Å². The predicted octanol–water partition coefficient (Wildman–Crippen LogP) is 1.51. The van der Waals surface area contributed by atoms with Crippen molar-refractivity contribution in [1.29, 1.82) is 0 Å². The third kappa shape index (κ3) is 2.00. The van der Waals surface area contributed by atoms with Gasteiger partial charge in [-0.2, -0.15) is 0 Å². The summed E-state index contributed by atoms with van der Waals surface area (Å²) < 4.78 is 5.09. The molecule has 0 aliphatic heterocycles. The molecule has 2 aromatic rings. The van der Waals surface area contributed by atoms with E-state index in [1.807, 2.05) is 0 Å². The van der Waals surface area contributed by atoms with E-state index in [1.54, 1.807) is 13.0 Å². The van der Waals surface area contributed by atoms with Gasteiger partial charge in [0, 0.05) is 6.20 Å². The van der Waals surface area contributed by atoms with Crippen LogP contribution in [-0.4, -0.2) is 28.2 Å². The van der Waals surface area contributed by atoms with Crippen LogP contribution < -0.4 is 10.3 Å². The summed E-state index contributed by atoms with van der Waals surface area (Å²) in [5.41, 5.74) is 0.272. The number of carboxylic acid groups (broad SMARTS) is 1. The molecule has 6 nitrogen and oxygen atoms in total. The summed E-state index contributed by atoms with van der Waals surface area (Å²) in [4.78, 5) is 29.5. The summed E-state index contributed by atoms with van der Waals surface area (Å²) in [6.45, 7) is 1.59. The number of aryl methyl sites for hydroxylation is 1. The van der Waals surface area contributed by atoms with Gasteiger partial charge in [-0.3, -0.25) is 4.79 Å². The number of hydrogen-bond acceptors (Lipinski definition) is 5. The third-order valence-corrected chi connectivity index (χ3v) is 3.51. The maximum absolute atomic E-state index is 11.8. The highest BCUT2D eigenvalue weighted by Crippen LogP contribution is 2.31. The van der Waals surface area contributed by atoms with Crippen molar-refractivity contribution in [2.45, 2.75) is 6.92 Å². The molecule has 0 radical (unpaired) electrons. The maximum atomic E-state index is 11.8. The van der Waals surface area contributed by atoms with E-state index in [0.29, 0.717) is 16.5 Å². The quantitative estimate of drug-likeness (QED) is 0.878. The van der Waals surface area contributed by atoms with Gasteiger partial charge in [-0.25, -0.2) is 9.78 Å². The summed E-state index contributed by atoms with van der Waals surface area (Å²) in [6, 6.07) is 1.59. The highest BCUT2D eigenvalue weighted by atomic mass is 32.1. The van der Waals surface area contributed by atoms with Crippen molar-refractivity contribution >= 4 is 17.3 Å². The Kier molecular flexibility index (Phi) is 3.15. The Labute approximate surface area is 106 Å². The number of ether oxygens (including phenoxy) is 1. The molecule has 0 aliphatic carbocycles. The molecule has 18 heavy (non-hydrogen) atoms. The van der Waals surface area contributed by atoms with Crippen molar-refractivity contribution in [2.75, 3.05) is 7.11 Å². The lowest BCUT2D eigenvalue weighted by Gasteiger charge is -2.03. The summed E-state index contributed by atoms with van der Waals surface area (Å²) in [6.07, 6.45) is 1.46. The molecule has 0 saturated heterocycles. The topological polar surface area (TPSA) is 92.3 Å². The van der Waals surface area contributed by atoms with Crippen molar-refractivity contribution in [1.82, 2.24) is 9.97 Å². The first kappa shape index (κ1) is 12.3. The number of carbonyl (C=O) groups is 1. The molecule has 2 heterocycles. The molecule has 94 valence electrons. The highest BCUT2D eigenvalue weighted by Gasteiger charge is 2.19. The molecule has 0 atom stereocenters. The second-order valence-electron chi connectivity index (χ2n) is 3.49. The summed E-state index contributed by atoms with van der Waals surface area (Å²) in [7, 11) is 1.44. The number of methoxy groups -OCH3 is 1. The third-order valence-electron chi connectivity index (χ3n) is 2.35. The Balaban J connectivity index is 2.66. The number of pyridine rings is 1. The van der Waals surface area contributed by atoms with Gasteiger partial charge in [0.1, 0.15) is 21.2 Å². The molecule has 0 aromatic carbocycles. The lowest BCUT2D eigenvalue weighted by molar-refractivity contribution is 0.0701. The van der Waals surface area contributed by atoms with Crippen LogP contribution in [-0.2, 0) is 0 Å². The highest BCUT2D eigenvalue weighted by molar-refractivity contribution is 7.17. The first-order valence-electron chi connectivity index (χ1n) is 5.01. The minimum absolute atomic E-state index is 0.121. The van der Waals surface area contributed by atoms with Gasteiger partial charge in [-0.15, -0.1) is 11.3 Å². The van der Waals surface area contributed by atoms with E-state index in [-0.39, 0.29) is 16.0 Å². The summed E-state index contributed by atoms with van der Waals surface area (Å²) in [5, 5.41) is 9.31. The molecule has 2 rings (SSSR count). The smallest absolute Gasteiger partial charge is 0.347 e.